The highest BCUT2D eigenvalue weighted by atomic mass is 32.1. The molecule has 0 bridgehead atoms. The Balaban J connectivity index is 2.04. The van der Waals surface area contributed by atoms with E-state index in [1.807, 2.05) is 22.9 Å². The van der Waals surface area contributed by atoms with Gasteiger partial charge in [0.25, 0.3) is 0 Å². The topological polar surface area (TPSA) is 38.9 Å². The van der Waals surface area contributed by atoms with Crippen LogP contribution in [0.15, 0.2) is 52.4 Å². The molecule has 126 valence electrons. The van der Waals surface area contributed by atoms with Gasteiger partial charge in [0.15, 0.2) is 0 Å². The van der Waals surface area contributed by atoms with Gasteiger partial charge >= 0.3 is 0 Å². The normalized spacial score (nSPS) is 15.4. The standard InChI is InChI=1S/C19H23N3OS/c1-3-13-20-19-22(21-16-7-5-4-6-8-16)18(14-24-19)15-9-11-17(23-2)12-10-15/h3,9-12,14H,1,4-8,13H2,2H3. The third-order valence-corrected chi connectivity index (χ3v) is 4.95. The van der Waals surface area contributed by atoms with Crippen molar-refractivity contribution in [2.45, 2.75) is 32.1 Å². The molecule has 0 atom stereocenters. The van der Waals surface area contributed by atoms with Crippen LogP contribution in [0.2, 0.25) is 0 Å². The lowest BCUT2D eigenvalue weighted by atomic mass is 9.99. The van der Waals surface area contributed by atoms with E-state index >= 15 is 0 Å². The van der Waals surface area contributed by atoms with Gasteiger partial charge in [0.05, 0.1) is 19.3 Å². The summed E-state index contributed by atoms with van der Waals surface area (Å²) in [5.74, 6) is 0.857. The number of hydrogen-bond acceptors (Lipinski definition) is 4. The number of ether oxygens (including phenoxy) is 1. The van der Waals surface area contributed by atoms with E-state index < -0.39 is 0 Å². The highest BCUT2D eigenvalue weighted by Crippen LogP contribution is 2.24. The van der Waals surface area contributed by atoms with Crippen molar-refractivity contribution in [3.05, 3.63) is 47.1 Å². The molecule has 0 saturated heterocycles. The van der Waals surface area contributed by atoms with Crippen LogP contribution in [0.5, 0.6) is 5.75 Å². The van der Waals surface area contributed by atoms with Crippen LogP contribution in [0.4, 0.5) is 0 Å². The van der Waals surface area contributed by atoms with Gasteiger partial charge in [-0.25, -0.2) is 4.68 Å². The van der Waals surface area contributed by atoms with Crippen molar-refractivity contribution in [1.82, 2.24) is 4.68 Å². The number of rotatable bonds is 5. The summed E-state index contributed by atoms with van der Waals surface area (Å²) in [6.07, 6.45) is 7.77. The van der Waals surface area contributed by atoms with Gasteiger partial charge in [0, 0.05) is 16.7 Å². The Bertz CT molecular complexity index is 776. The summed E-state index contributed by atoms with van der Waals surface area (Å²) in [5.41, 5.74) is 3.46. The number of aromatic nitrogens is 1. The van der Waals surface area contributed by atoms with Gasteiger partial charge in [-0.15, -0.1) is 17.9 Å². The minimum atomic E-state index is 0.605. The average Bonchev–Trinajstić information content (AvgIpc) is 3.03. The van der Waals surface area contributed by atoms with Crippen LogP contribution in [-0.4, -0.2) is 24.0 Å². The van der Waals surface area contributed by atoms with Crippen LogP contribution in [0.1, 0.15) is 32.1 Å². The monoisotopic (exact) mass is 341 g/mol. The first kappa shape index (κ1) is 16.7. The van der Waals surface area contributed by atoms with E-state index in [-0.39, 0.29) is 0 Å². The zero-order chi connectivity index (χ0) is 16.8. The van der Waals surface area contributed by atoms with Gasteiger partial charge in [-0.05, 0) is 49.9 Å². The molecule has 4 nitrogen and oxygen atoms in total. The minimum Gasteiger partial charge on any atom is -0.497 e. The third kappa shape index (κ3) is 3.85. The van der Waals surface area contributed by atoms with Gasteiger partial charge in [-0.3, -0.25) is 4.99 Å². The summed E-state index contributed by atoms with van der Waals surface area (Å²) in [4.78, 5) is 5.52. The van der Waals surface area contributed by atoms with E-state index in [4.69, 9.17) is 9.84 Å². The molecule has 1 aliphatic carbocycles. The highest BCUT2D eigenvalue weighted by molar-refractivity contribution is 7.07. The molecule has 0 spiro atoms. The van der Waals surface area contributed by atoms with Gasteiger partial charge in [0.2, 0.25) is 4.80 Å². The number of benzene rings is 1. The molecule has 0 N–H and O–H groups in total. The molecule has 1 aromatic heterocycles. The first-order valence-corrected chi connectivity index (χ1v) is 9.23. The van der Waals surface area contributed by atoms with Gasteiger partial charge in [-0.1, -0.05) is 12.5 Å². The molecule has 5 heteroatoms. The lowest BCUT2D eigenvalue weighted by Crippen LogP contribution is -2.16. The molecule has 0 amide bonds. The molecule has 0 aliphatic heterocycles. The molecule has 24 heavy (non-hydrogen) atoms. The molecule has 0 unspecified atom stereocenters. The summed E-state index contributed by atoms with van der Waals surface area (Å²) in [7, 11) is 1.68. The summed E-state index contributed by atoms with van der Waals surface area (Å²) in [6.45, 7) is 4.36. The van der Waals surface area contributed by atoms with Crippen LogP contribution in [0.25, 0.3) is 11.3 Å². The van der Waals surface area contributed by atoms with Crippen molar-refractivity contribution in [1.29, 1.82) is 0 Å². The fourth-order valence-electron chi connectivity index (χ4n) is 2.81. The molecule has 3 rings (SSSR count). The number of methoxy groups -OCH3 is 1. The molecule has 1 heterocycles. The van der Waals surface area contributed by atoms with E-state index in [0.29, 0.717) is 6.54 Å². The Morgan fingerprint density at radius 3 is 2.62 bits per heavy atom. The summed E-state index contributed by atoms with van der Waals surface area (Å²) in [6, 6.07) is 8.09. The molecule has 1 aromatic carbocycles. The minimum absolute atomic E-state index is 0.605. The zero-order valence-electron chi connectivity index (χ0n) is 14.1. The first-order valence-electron chi connectivity index (χ1n) is 8.35. The van der Waals surface area contributed by atoms with E-state index in [1.165, 1.54) is 25.0 Å². The summed E-state index contributed by atoms with van der Waals surface area (Å²) < 4.78 is 7.25. The predicted molar refractivity (Wildman–Crippen MR) is 101 cm³/mol. The Hall–Kier alpha value is -2.14. The van der Waals surface area contributed by atoms with Crippen LogP contribution >= 0.6 is 11.3 Å². The predicted octanol–water partition coefficient (Wildman–Crippen LogP) is 4.48. The van der Waals surface area contributed by atoms with Crippen molar-refractivity contribution < 1.29 is 4.74 Å². The average molecular weight is 341 g/mol. The van der Waals surface area contributed by atoms with Crippen LogP contribution in [-0.2, 0) is 0 Å². The molecular weight excluding hydrogens is 318 g/mol. The Kier molecular flexibility index (Phi) is 5.64. The summed E-state index contributed by atoms with van der Waals surface area (Å²) in [5, 5.41) is 7.06. The van der Waals surface area contributed by atoms with Crippen LogP contribution in [0, 0.1) is 0 Å². The largest absolute Gasteiger partial charge is 0.497 e. The Labute approximate surface area is 146 Å². The quantitative estimate of drug-likeness (QED) is 0.739. The Morgan fingerprint density at radius 2 is 1.96 bits per heavy atom. The number of thiazole rings is 1. The SMILES string of the molecule is C=CCN=c1scc(-c2ccc(OC)cc2)n1N=C1CCCCC1. The maximum absolute atomic E-state index is 5.25. The van der Waals surface area contributed by atoms with Crippen molar-refractivity contribution in [3.63, 3.8) is 0 Å². The molecule has 1 fully saturated rings. The maximum Gasteiger partial charge on any atom is 0.206 e. The lowest BCUT2D eigenvalue weighted by Gasteiger charge is -2.13. The van der Waals surface area contributed by atoms with E-state index in [1.54, 1.807) is 18.4 Å². The Morgan fingerprint density at radius 1 is 1.21 bits per heavy atom. The second kappa shape index (κ2) is 8.11. The second-order valence-corrected chi connectivity index (χ2v) is 6.64. The zero-order valence-corrected chi connectivity index (χ0v) is 14.9. The van der Waals surface area contributed by atoms with E-state index in [9.17, 15) is 0 Å². The van der Waals surface area contributed by atoms with Gasteiger partial charge in [0.1, 0.15) is 5.75 Å². The summed E-state index contributed by atoms with van der Waals surface area (Å²) >= 11 is 1.62. The van der Waals surface area contributed by atoms with Gasteiger partial charge in [-0.2, -0.15) is 5.10 Å². The van der Waals surface area contributed by atoms with Crippen molar-refractivity contribution in [2.24, 2.45) is 10.1 Å². The molecular formula is C19H23N3OS. The first-order chi connectivity index (χ1) is 11.8. The molecule has 2 aromatic rings. The third-order valence-electron chi connectivity index (χ3n) is 4.10. The van der Waals surface area contributed by atoms with E-state index in [0.717, 1.165) is 34.6 Å². The van der Waals surface area contributed by atoms with Crippen molar-refractivity contribution >= 4 is 17.0 Å². The fourth-order valence-corrected chi connectivity index (χ4v) is 3.65. The van der Waals surface area contributed by atoms with Crippen molar-refractivity contribution in [3.8, 4) is 17.0 Å². The molecule has 0 radical (unpaired) electrons. The smallest absolute Gasteiger partial charge is 0.206 e. The molecule has 1 saturated carbocycles. The maximum atomic E-state index is 5.25. The highest BCUT2D eigenvalue weighted by Gasteiger charge is 2.11. The van der Waals surface area contributed by atoms with Crippen molar-refractivity contribution in [2.75, 3.05) is 13.7 Å². The van der Waals surface area contributed by atoms with Gasteiger partial charge < -0.3 is 4.74 Å². The van der Waals surface area contributed by atoms with Crippen LogP contribution in [0.3, 0.4) is 0 Å². The van der Waals surface area contributed by atoms with Crippen LogP contribution < -0.4 is 9.54 Å². The second-order valence-electron chi connectivity index (χ2n) is 5.80. The number of nitrogens with zero attached hydrogens (tertiary/aromatic N) is 3. The fraction of sp³-hybridized carbons (Fsp3) is 0.368. The lowest BCUT2D eigenvalue weighted by molar-refractivity contribution is 0.415. The molecule has 1 aliphatic rings. The van der Waals surface area contributed by atoms with E-state index in [2.05, 4.69) is 29.1 Å². The number of hydrogen-bond donors (Lipinski definition) is 0.